The summed E-state index contributed by atoms with van der Waals surface area (Å²) >= 11 is 0. The van der Waals surface area contributed by atoms with Gasteiger partial charge in [-0.25, -0.2) is 4.98 Å². The summed E-state index contributed by atoms with van der Waals surface area (Å²) in [5, 5.41) is 3.09. The molecule has 5 nitrogen and oxygen atoms in total. The van der Waals surface area contributed by atoms with Gasteiger partial charge >= 0.3 is 0 Å². The number of hydrogen-bond acceptors (Lipinski definition) is 3. The van der Waals surface area contributed by atoms with Crippen LogP contribution in [-0.4, -0.2) is 28.6 Å². The summed E-state index contributed by atoms with van der Waals surface area (Å²) < 4.78 is 8.38. The van der Waals surface area contributed by atoms with Crippen molar-refractivity contribution < 1.29 is 9.53 Å². The Morgan fingerprint density at radius 1 is 1.00 bits per heavy atom. The molecule has 3 rings (SSSR count). The molecule has 0 aliphatic carbocycles. The van der Waals surface area contributed by atoms with E-state index in [1.165, 1.54) is 5.56 Å². The second kappa shape index (κ2) is 12.8. The monoisotopic (exact) mass is 477 g/mol. The average molecular weight is 478 g/mol. The van der Waals surface area contributed by atoms with Gasteiger partial charge in [0.05, 0.1) is 17.6 Å². The molecule has 1 aromatic heterocycles. The Morgan fingerprint density at radius 2 is 1.71 bits per heavy atom. The highest BCUT2D eigenvalue weighted by Crippen LogP contribution is 2.24. The van der Waals surface area contributed by atoms with Crippen LogP contribution in [0.1, 0.15) is 78.1 Å². The number of hydrogen-bond donors (Lipinski definition) is 1. The lowest BCUT2D eigenvalue weighted by Crippen LogP contribution is -2.30. The van der Waals surface area contributed by atoms with E-state index in [2.05, 4.69) is 87.0 Å². The molecule has 1 heterocycles. The number of aromatic nitrogens is 2. The Bertz CT molecular complexity index is 1060. The number of aryl methyl sites for hydroxylation is 1. The molecule has 0 fully saturated rings. The van der Waals surface area contributed by atoms with Crippen molar-refractivity contribution in [1.82, 2.24) is 14.9 Å². The largest absolute Gasteiger partial charge is 0.492 e. The molecular weight excluding hydrogens is 434 g/mol. The number of unbranched alkanes of at least 4 members (excludes halogenated alkanes) is 2. The summed E-state index contributed by atoms with van der Waals surface area (Å²) in [5.41, 5.74) is 3.64. The highest BCUT2D eigenvalue weighted by molar-refractivity contribution is 5.78. The number of fused-ring (bicyclic) bond motifs is 1. The van der Waals surface area contributed by atoms with E-state index in [1.807, 2.05) is 6.07 Å². The summed E-state index contributed by atoms with van der Waals surface area (Å²) in [5.74, 6) is 2.36. The molecule has 3 aromatic rings. The Morgan fingerprint density at radius 3 is 2.40 bits per heavy atom. The SMILES string of the molecule is CCC(CC)C(=O)NCCCCCc1nc2ccccc2n1CCOc1ccc(C(C)(C)C)cc1. The van der Waals surface area contributed by atoms with Crippen molar-refractivity contribution in [2.24, 2.45) is 5.92 Å². The minimum absolute atomic E-state index is 0.141. The summed E-state index contributed by atoms with van der Waals surface area (Å²) in [4.78, 5) is 17.0. The first kappa shape index (κ1) is 26.8. The Balaban J connectivity index is 1.51. The van der Waals surface area contributed by atoms with Crippen LogP contribution in [0, 0.1) is 5.92 Å². The Labute approximate surface area is 211 Å². The second-order valence-corrected chi connectivity index (χ2v) is 10.4. The third-order valence-corrected chi connectivity index (χ3v) is 6.77. The summed E-state index contributed by atoms with van der Waals surface area (Å²) in [6, 6.07) is 16.8. The van der Waals surface area contributed by atoms with E-state index < -0.39 is 0 Å². The van der Waals surface area contributed by atoms with Crippen molar-refractivity contribution in [3.05, 3.63) is 59.9 Å². The molecule has 35 heavy (non-hydrogen) atoms. The van der Waals surface area contributed by atoms with Gasteiger partial charge in [0, 0.05) is 18.9 Å². The van der Waals surface area contributed by atoms with Gasteiger partial charge in [-0.05, 0) is 60.9 Å². The number of nitrogens with zero attached hydrogens (tertiary/aromatic N) is 2. The maximum absolute atomic E-state index is 12.1. The van der Waals surface area contributed by atoms with Crippen molar-refractivity contribution in [3.63, 3.8) is 0 Å². The molecule has 1 amide bonds. The topological polar surface area (TPSA) is 56.2 Å². The van der Waals surface area contributed by atoms with Crippen molar-refractivity contribution in [3.8, 4) is 5.75 Å². The number of imidazole rings is 1. The highest BCUT2D eigenvalue weighted by Gasteiger charge is 2.14. The van der Waals surface area contributed by atoms with Gasteiger partial charge in [0.25, 0.3) is 0 Å². The summed E-state index contributed by atoms with van der Waals surface area (Å²) in [7, 11) is 0. The van der Waals surface area contributed by atoms with E-state index in [-0.39, 0.29) is 17.2 Å². The zero-order valence-electron chi connectivity index (χ0n) is 22.3. The van der Waals surface area contributed by atoms with Crippen molar-refractivity contribution in [1.29, 1.82) is 0 Å². The normalized spacial score (nSPS) is 11.8. The van der Waals surface area contributed by atoms with E-state index >= 15 is 0 Å². The van der Waals surface area contributed by atoms with Gasteiger partial charge in [-0.3, -0.25) is 4.79 Å². The van der Waals surface area contributed by atoms with E-state index in [4.69, 9.17) is 9.72 Å². The van der Waals surface area contributed by atoms with Gasteiger partial charge in [0.1, 0.15) is 18.2 Å². The van der Waals surface area contributed by atoms with Crippen molar-refractivity contribution in [2.45, 2.75) is 85.1 Å². The van der Waals surface area contributed by atoms with E-state index in [0.717, 1.165) is 74.2 Å². The number of carbonyl (C=O) groups is 1. The first-order valence-corrected chi connectivity index (χ1v) is 13.3. The quantitative estimate of drug-likeness (QED) is 0.279. The smallest absolute Gasteiger partial charge is 0.223 e. The fraction of sp³-hybridized carbons (Fsp3) is 0.533. The standard InChI is InChI=1S/C30H43N3O2/c1-6-23(7-2)29(34)31-20-12-8-9-15-28-32-26-13-10-11-14-27(26)33(28)21-22-35-25-18-16-24(17-19-25)30(3,4)5/h10-11,13-14,16-19,23H,6-9,12,15,20-22H2,1-5H3,(H,31,34). The zero-order chi connectivity index (χ0) is 25.3. The number of para-hydroxylation sites is 2. The fourth-order valence-corrected chi connectivity index (χ4v) is 4.47. The molecule has 0 bridgehead atoms. The molecule has 0 aliphatic heterocycles. The number of amides is 1. The summed E-state index contributed by atoms with van der Waals surface area (Å²) in [6.45, 7) is 12.9. The lowest BCUT2D eigenvalue weighted by Gasteiger charge is -2.19. The first-order chi connectivity index (χ1) is 16.8. The van der Waals surface area contributed by atoms with Gasteiger partial charge < -0.3 is 14.6 Å². The number of rotatable bonds is 13. The first-order valence-electron chi connectivity index (χ1n) is 13.3. The van der Waals surface area contributed by atoms with Gasteiger partial charge in [0.15, 0.2) is 0 Å². The van der Waals surface area contributed by atoms with Crippen LogP contribution >= 0.6 is 0 Å². The number of nitrogens with one attached hydrogen (secondary N) is 1. The van der Waals surface area contributed by atoms with E-state index in [0.29, 0.717) is 6.61 Å². The van der Waals surface area contributed by atoms with E-state index in [9.17, 15) is 4.79 Å². The molecule has 0 spiro atoms. The van der Waals surface area contributed by atoms with Gasteiger partial charge in [-0.15, -0.1) is 0 Å². The third kappa shape index (κ3) is 7.58. The van der Waals surface area contributed by atoms with Gasteiger partial charge in [0.2, 0.25) is 5.91 Å². The van der Waals surface area contributed by atoms with Crippen LogP contribution in [0.25, 0.3) is 11.0 Å². The summed E-state index contributed by atoms with van der Waals surface area (Å²) in [6.07, 6.45) is 5.87. The zero-order valence-corrected chi connectivity index (χ0v) is 22.3. The fourth-order valence-electron chi connectivity index (χ4n) is 4.47. The molecule has 0 saturated heterocycles. The Kier molecular flexibility index (Phi) is 9.76. The molecule has 0 saturated carbocycles. The molecule has 0 unspecified atom stereocenters. The van der Waals surface area contributed by atoms with E-state index in [1.54, 1.807) is 0 Å². The molecular formula is C30H43N3O2. The van der Waals surface area contributed by atoms with Crippen LogP contribution in [-0.2, 0) is 23.2 Å². The molecule has 190 valence electrons. The van der Waals surface area contributed by atoms with Crippen LogP contribution in [0.3, 0.4) is 0 Å². The van der Waals surface area contributed by atoms with Gasteiger partial charge in [-0.1, -0.05) is 65.3 Å². The molecule has 2 aromatic carbocycles. The van der Waals surface area contributed by atoms with Crippen molar-refractivity contribution >= 4 is 16.9 Å². The lowest BCUT2D eigenvalue weighted by atomic mass is 9.87. The number of ether oxygens (including phenoxy) is 1. The average Bonchev–Trinajstić information content (AvgIpc) is 3.19. The Hall–Kier alpha value is -2.82. The predicted molar refractivity (Wildman–Crippen MR) is 145 cm³/mol. The van der Waals surface area contributed by atoms with Crippen LogP contribution < -0.4 is 10.1 Å². The molecule has 0 aliphatic rings. The highest BCUT2D eigenvalue weighted by atomic mass is 16.5. The van der Waals surface area contributed by atoms with Crippen LogP contribution in [0.15, 0.2) is 48.5 Å². The van der Waals surface area contributed by atoms with Crippen molar-refractivity contribution in [2.75, 3.05) is 13.2 Å². The maximum atomic E-state index is 12.1. The maximum Gasteiger partial charge on any atom is 0.223 e. The molecule has 5 heteroatoms. The predicted octanol–water partition coefficient (Wildman–Crippen LogP) is 6.68. The van der Waals surface area contributed by atoms with Crippen LogP contribution in [0.4, 0.5) is 0 Å². The van der Waals surface area contributed by atoms with Gasteiger partial charge in [-0.2, -0.15) is 0 Å². The molecule has 0 atom stereocenters. The second-order valence-electron chi connectivity index (χ2n) is 10.4. The van der Waals surface area contributed by atoms with Crippen LogP contribution in [0.2, 0.25) is 0 Å². The number of benzene rings is 2. The van der Waals surface area contributed by atoms with Crippen LogP contribution in [0.5, 0.6) is 5.75 Å². The third-order valence-electron chi connectivity index (χ3n) is 6.77. The minimum Gasteiger partial charge on any atom is -0.492 e. The lowest BCUT2D eigenvalue weighted by molar-refractivity contribution is -0.125. The molecule has 0 radical (unpaired) electrons. The number of carbonyl (C=O) groups excluding carboxylic acids is 1. The minimum atomic E-state index is 0.141. The molecule has 1 N–H and O–H groups in total.